The summed E-state index contributed by atoms with van der Waals surface area (Å²) in [6.07, 6.45) is 1.75. The molecule has 1 aliphatic rings. The maximum absolute atomic E-state index is 12.3. The monoisotopic (exact) mass is 276 g/mol. The van der Waals surface area contributed by atoms with Gasteiger partial charge in [0.05, 0.1) is 18.0 Å². The van der Waals surface area contributed by atoms with E-state index in [1.54, 1.807) is 19.1 Å². The van der Waals surface area contributed by atoms with Crippen molar-refractivity contribution in [2.24, 2.45) is 11.7 Å². The number of nitrogens with two attached hydrogens (primary N) is 1. The third kappa shape index (κ3) is 3.36. The minimum atomic E-state index is -0.954. The third-order valence-corrected chi connectivity index (χ3v) is 3.80. The molecule has 1 amide bonds. The minimum absolute atomic E-state index is 0.156. The number of rotatable bonds is 6. The molecule has 108 valence electrons. The predicted molar refractivity (Wildman–Crippen MR) is 74.9 cm³/mol. The predicted octanol–water partition coefficient (Wildman–Crippen LogP) is 1.45. The Morgan fingerprint density at radius 1 is 1.40 bits per heavy atom. The van der Waals surface area contributed by atoms with Crippen LogP contribution in [0.2, 0.25) is 0 Å². The zero-order chi connectivity index (χ0) is 14.8. The summed E-state index contributed by atoms with van der Waals surface area (Å²) in [5.41, 5.74) is 5.91. The van der Waals surface area contributed by atoms with Gasteiger partial charge in [-0.05, 0) is 31.2 Å². The molecule has 0 aromatic heterocycles. The largest absolute Gasteiger partial charge is 0.481 e. The average Bonchev–Trinajstić information content (AvgIpc) is 3.23. The van der Waals surface area contributed by atoms with Crippen molar-refractivity contribution in [3.05, 3.63) is 35.9 Å². The Hall–Kier alpha value is -1.88. The van der Waals surface area contributed by atoms with Crippen molar-refractivity contribution in [2.75, 3.05) is 0 Å². The fourth-order valence-electron chi connectivity index (χ4n) is 2.29. The zero-order valence-corrected chi connectivity index (χ0v) is 11.5. The van der Waals surface area contributed by atoms with Crippen LogP contribution in [-0.2, 0) is 9.59 Å². The lowest BCUT2D eigenvalue weighted by molar-refractivity contribution is -0.138. The van der Waals surface area contributed by atoms with Gasteiger partial charge in [-0.25, -0.2) is 0 Å². The second kappa shape index (κ2) is 5.63. The molecule has 1 saturated carbocycles. The van der Waals surface area contributed by atoms with E-state index in [-0.39, 0.29) is 18.2 Å². The van der Waals surface area contributed by atoms with Gasteiger partial charge in [0, 0.05) is 0 Å². The first-order valence-electron chi connectivity index (χ1n) is 6.78. The lowest BCUT2D eigenvalue weighted by Gasteiger charge is -2.27. The number of nitrogens with one attached hydrogen (secondary N) is 1. The molecule has 0 saturated heterocycles. The maximum Gasteiger partial charge on any atom is 0.305 e. The molecule has 0 radical (unpaired) electrons. The van der Waals surface area contributed by atoms with Crippen LogP contribution in [0.5, 0.6) is 0 Å². The summed E-state index contributed by atoms with van der Waals surface area (Å²) in [5.74, 6) is -1.04. The quantitative estimate of drug-likeness (QED) is 0.733. The van der Waals surface area contributed by atoms with Crippen molar-refractivity contribution in [1.29, 1.82) is 0 Å². The first-order valence-corrected chi connectivity index (χ1v) is 6.78. The normalized spacial score (nSPS) is 18.9. The van der Waals surface area contributed by atoms with E-state index in [9.17, 15) is 9.59 Å². The summed E-state index contributed by atoms with van der Waals surface area (Å²) >= 11 is 0. The van der Waals surface area contributed by atoms with Gasteiger partial charge in [0.1, 0.15) is 0 Å². The second-order valence-corrected chi connectivity index (χ2v) is 5.59. The fraction of sp³-hybridized carbons (Fsp3) is 0.467. The topological polar surface area (TPSA) is 92.4 Å². The number of carbonyl (C=O) groups excluding carboxylic acids is 1. The van der Waals surface area contributed by atoms with Gasteiger partial charge in [0.25, 0.3) is 0 Å². The van der Waals surface area contributed by atoms with Gasteiger partial charge >= 0.3 is 5.97 Å². The average molecular weight is 276 g/mol. The maximum atomic E-state index is 12.3. The lowest BCUT2D eigenvalue weighted by atomic mass is 9.94. The number of hydrogen-bond donors (Lipinski definition) is 3. The Bertz CT molecular complexity index is 495. The van der Waals surface area contributed by atoms with Gasteiger partial charge in [-0.2, -0.15) is 0 Å². The smallest absolute Gasteiger partial charge is 0.305 e. The highest BCUT2D eigenvalue weighted by atomic mass is 16.4. The molecule has 0 aliphatic heterocycles. The number of carbonyl (C=O) groups is 2. The first kappa shape index (κ1) is 14.5. The summed E-state index contributed by atoms with van der Waals surface area (Å²) in [7, 11) is 0. The molecule has 2 atom stereocenters. The van der Waals surface area contributed by atoms with E-state index in [0.29, 0.717) is 0 Å². The standard InChI is InChI=1S/C15H20N2O3/c1-15(16,11-7-8-11)14(20)17-12(9-13(18)19)10-5-3-2-4-6-10/h2-6,11-12H,7-9,16H2,1H3,(H,17,20)(H,18,19). The second-order valence-electron chi connectivity index (χ2n) is 5.59. The van der Waals surface area contributed by atoms with E-state index < -0.39 is 17.6 Å². The molecular formula is C15H20N2O3. The molecule has 20 heavy (non-hydrogen) atoms. The molecule has 1 aromatic carbocycles. The van der Waals surface area contributed by atoms with E-state index in [1.165, 1.54) is 0 Å². The van der Waals surface area contributed by atoms with Crippen molar-refractivity contribution >= 4 is 11.9 Å². The highest BCUT2D eigenvalue weighted by molar-refractivity contribution is 5.87. The molecule has 1 fully saturated rings. The molecule has 2 unspecified atom stereocenters. The molecular weight excluding hydrogens is 256 g/mol. The Labute approximate surface area is 118 Å². The Balaban J connectivity index is 2.12. The SMILES string of the molecule is CC(N)(C(=O)NC(CC(=O)O)c1ccccc1)C1CC1. The van der Waals surface area contributed by atoms with Crippen molar-refractivity contribution in [1.82, 2.24) is 5.32 Å². The van der Waals surface area contributed by atoms with Crippen LogP contribution < -0.4 is 11.1 Å². The van der Waals surface area contributed by atoms with Gasteiger partial charge in [0.2, 0.25) is 5.91 Å². The van der Waals surface area contributed by atoms with E-state index in [0.717, 1.165) is 18.4 Å². The fourth-order valence-corrected chi connectivity index (χ4v) is 2.29. The highest BCUT2D eigenvalue weighted by Gasteiger charge is 2.44. The van der Waals surface area contributed by atoms with Crippen LogP contribution in [-0.4, -0.2) is 22.5 Å². The van der Waals surface area contributed by atoms with Crippen LogP contribution in [0.3, 0.4) is 0 Å². The molecule has 5 heteroatoms. The van der Waals surface area contributed by atoms with Crippen LogP contribution in [0.15, 0.2) is 30.3 Å². The highest BCUT2D eigenvalue weighted by Crippen LogP contribution is 2.38. The van der Waals surface area contributed by atoms with E-state index >= 15 is 0 Å². The molecule has 5 nitrogen and oxygen atoms in total. The van der Waals surface area contributed by atoms with E-state index in [4.69, 9.17) is 10.8 Å². The van der Waals surface area contributed by atoms with Crippen LogP contribution in [0.1, 0.15) is 37.8 Å². The summed E-state index contributed by atoms with van der Waals surface area (Å²) in [4.78, 5) is 23.3. The summed E-state index contributed by atoms with van der Waals surface area (Å²) < 4.78 is 0. The van der Waals surface area contributed by atoms with Gasteiger partial charge in [-0.1, -0.05) is 30.3 Å². The first-order chi connectivity index (χ1) is 9.41. The third-order valence-electron chi connectivity index (χ3n) is 3.80. The molecule has 0 bridgehead atoms. The van der Waals surface area contributed by atoms with Crippen molar-refractivity contribution in [3.8, 4) is 0 Å². The van der Waals surface area contributed by atoms with E-state index in [2.05, 4.69) is 5.32 Å². The zero-order valence-electron chi connectivity index (χ0n) is 11.5. The van der Waals surface area contributed by atoms with Crippen molar-refractivity contribution < 1.29 is 14.7 Å². The number of hydrogen-bond acceptors (Lipinski definition) is 3. The lowest BCUT2D eigenvalue weighted by Crippen LogP contribution is -2.54. The Morgan fingerprint density at radius 2 is 2.00 bits per heavy atom. The minimum Gasteiger partial charge on any atom is -0.481 e. The molecule has 4 N–H and O–H groups in total. The van der Waals surface area contributed by atoms with E-state index in [1.807, 2.05) is 18.2 Å². The van der Waals surface area contributed by atoms with Crippen molar-refractivity contribution in [2.45, 2.75) is 37.8 Å². The molecule has 0 heterocycles. The van der Waals surface area contributed by atoms with Crippen LogP contribution in [0, 0.1) is 5.92 Å². The number of benzene rings is 1. The number of carboxylic acid groups (broad SMARTS) is 1. The molecule has 1 aliphatic carbocycles. The van der Waals surface area contributed by atoms with Gasteiger partial charge in [-0.3, -0.25) is 9.59 Å². The Morgan fingerprint density at radius 3 is 2.50 bits per heavy atom. The van der Waals surface area contributed by atoms with Crippen LogP contribution in [0.25, 0.3) is 0 Å². The molecule has 1 aromatic rings. The van der Waals surface area contributed by atoms with Crippen LogP contribution in [0.4, 0.5) is 0 Å². The van der Waals surface area contributed by atoms with Gasteiger partial charge in [0.15, 0.2) is 0 Å². The van der Waals surface area contributed by atoms with Gasteiger partial charge < -0.3 is 16.2 Å². The summed E-state index contributed by atoms with van der Waals surface area (Å²) in [6, 6.07) is 8.54. The molecule has 2 rings (SSSR count). The summed E-state index contributed by atoms with van der Waals surface area (Å²) in [5, 5.41) is 11.8. The van der Waals surface area contributed by atoms with Crippen molar-refractivity contribution in [3.63, 3.8) is 0 Å². The van der Waals surface area contributed by atoms with Gasteiger partial charge in [-0.15, -0.1) is 0 Å². The molecule has 0 spiro atoms. The number of carboxylic acids is 1. The number of amides is 1. The number of aliphatic carboxylic acids is 1. The van der Waals surface area contributed by atoms with Crippen LogP contribution >= 0.6 is 0 Å². The Kier molecular flexibility index (Phi) is 4.09. The summed E-state index contributed by atoms with van der Waals surface area (Å²) in [6.45, 7) is 1.71.